The van der Waals surface area contributed by atoms with Gasteiger partial charge in [-0.2, -0.15) is 0 Å². The highest BCUT2D eigenvalue weighted by molar-refractivity contribution is 5.80. The van der Waals surface area contributed by atoms with Crippen LogP contribution in [0.1, 0.15) is 24.8 Å². The predicted octanol–water partition coefficient (Wildman–Crippen LogP) is 1.80. The first-order valence-electron chi connectivity index (χ1n) is 6.57. The molecule has 1 aromatic rings. The van der Waals surface area contributed by atoms with E-state index in [0.717, 1.165) is 50.4 Å². The summed E-state index contributed by atoms with van der Waals surface area (Å²) in [6.45, 7) is 2.71. The quantitative estimate of drug-likeness (QED) is 0.854. The lowest BCUT2D eigenvalue weighted by molar-refractivity contribution is 0.603. The van der Waals surface area contributed by atoms with Gasteiger partial charge in [-0.05, 0) is 37.0 Å². The highest BCUT2D eigenvalue weighted by atomic mass is 19.1. The van der Waals surface area contributed by atoms with Crippen LogP contribution in [0.5, 0.6) is 0 Å². The third-order valence-electron chi connectivity index (χ3n) is 3.78. The molecule has 1 heterocycles. The van der Waals surface area contributed by atoms with Gasteiger partial charge in [-0.25, -0.2) is 4.39 Å². The summed E-state index contributed by atoms with van der Waals surface area (Å²) in [6.07, 6.45) is 3.34. The van der Waals surface area contributed by atoms with Gasteiger partial charge in [0.25, 0.3) is 0 Å². The normalized spacial score (nSPS) is 20.8. The van der Waals surface area contributed by atoms with Crippen molar-refractivity contribution in [3.05, 3.63) is 35.6 Å². The summed E-state index contributed by atoms with van der Waals surface area (Å²) in [4.78, 5) is 4.39. The number of rotatable bonds is 3. The molecule has 0 unspecified atom stereocenters. The van der Waals surface area contributed by atoms with Gasteiger partial charge in [0.15, 0.2) is 5.96 Å². The molecule has 1 saturated carbocycles. The largest absolute Gasteiger partial charge is 0.356 e. The van der Waals surface area contributed by atoms with Crippen molar-refractivity contribution in [3.63, 3.8) is 0 Å². The number of nitrogens with zero attached hydrogens (tertiary/aromatic N) is 1. The van der Waals surface area contributed by atoms with Crippen LogP contribution in [-0.2, 0) is 5.41 Å². The maximum Gasteiger partial charge on any atom is 0.191 e. The average Bonchev–Trinajstić information content (AvgIpc) is 3.19. The van der Waals surface area contributed by atoms with Crippen molar-refractivity contribution in [2.24, 2.45) is 4.99 Å². The molecule has 0 atom stereocenters. The molecular weight excluding hydrogens is 229 g/mol. The number of halogens is 1. The van der Waals surface area contributed by atoms with Gasteiger partial charge in [0.2, 0.25) is 0 Å². The van der Waals surface area contributed by atoms with Crippen molar-refractivity contribution in [1.29, 1.82) is 0 Å². The summed E-state index contributed by atoms with van der Waals surface area (Å²) in [5, 5.41) is 6.61. The number of hydrogen-bond donors (Lipinski definition) is 2. The molecule has 0 radical (unpaired) electrons. The summed E-state index contributed by atoms with van der Waals surface area (Å²) in [5.41, 5.74) is 1.22. The zero-order chi connectivity index (χ0) is 12.4. The lowest BCUT2D eigenvalue weighted by Crippen LogP contribution is -2.43. The molecule has 1 fully saturated rings. The van der Waals surface area contributed by atoms with Crippen LogP contribution < -0.4 is 10.6 Å². The Hall–Kier alpha value is -1.58. The summed E-state index contributed by atoms with van der Waals surface area (Å²) < 4.78 is 13.3. The van der Waals surface area contributed by atoms with E-state index in [1.165, 1.54) is 6.07 Å². The number of nitrogens with one attached hydrogen (secondary N) is 2. The van der Waals surface area contributed by atoms with Crippen LogP contribution in [0.2, 0.25) is 0 Å². The van der Waals surface area contributed by atoms with Crippen molar-refractivity contribution < 1.29 is 4.39 Å². The average molecular weight is 247 g/mol. The van der Waals surface area contributed by atoms with E-state index in [9.17, 15) is 4.39 Å². The molecule has 96 valence electrons. The van der Waals surface area contributed by atoms with E-state index < -0.39 is 0 Å². The Morgan fingerprint density at radius 2 is 2.28 bits per heavy atom. The third kappa shape index (κ3) is 2.33. The van der Waals surface area contributed by atoms with Crippen LogP contribution in [0.3, 0.4) is 0 Å². The third-order valence-corrected chi connectivity index (χ3v) is 3.78. The first-order chi connectivity index (χ1) is 8.78. The van der Waals surface area contributed by atoms with Gasteiger partial charge in [-0.3, -0.25) is 4.99 Å². The molecule has 0 aromatic heterocycles. The Morgan fingerprint density at radius 3 is 2.94 bits per heavy atom. The van der Waals surface area contributed by atoms with Crippen LogP contribution in [0.15, 0.2) is 29.3 Å². The van der Waals surface area contributed by atoms with E-state index in [-0.39, 0.29) is 11.2 Å². The van der Waals surface area contributed by atoms with Crippen molar-refractivity contribution in [2.45, 2.75) is 24.7 Å². The molecule has 18 heavy (non-hydrogen) atoms. The van der Waals surface area contributed by atoms with Crippen LogP contribution in [0, 0.1) is 5.82 Å². The highest BCUT2D eigenvalue weighted by Gasteiger charge is 2.44. The first kappa shape index (κ1) is 11.5. The van der Waals surface area contributed by atoms with E-state index >= 15 is 0 Å². The van der Waals surface area contributed by atoms with Gasteiger partial charge < -0.3 is 10.6 Å². The second-order valence-corrected chi connectivity index (χ2v) is 5.15. The first-order valence-corrected chi connectivity index (χ1v) is 6.57. The Labute approximate surface area is 106 Å². The molecule has 1 aliphatic carbocycles. The maximum atomic E-state index is 13.3. The van der Waals surface area contributed by atoms with Crippen LogP contribution in [0.4, 0.5) is 4.39 Å². The predicted molar refractivity (Wildman–Crippen MR) is 70.2 cm³/mol. The second-order valence-electron chi connectivity index (χ2n) is 5.15. The summed E-state index contributed by atoms with van der Waals surface area (Å²) in [6, 6.07) is 6.97. The Kier molecular flexibility index (Phi) is 2.94. The van der Waals surface area contributed by atoms with E-state index in [1.54, 1.807) is 12.1 Å². The van der Waals surface area contributed by atoms with E-state index in [1.807, 2.05) is 6.07 Å². The molecule has 0 saturated heterocycles. The van der Waals surface area contributed by atoms with Gasteiger partial charge in [0.1, 0.15) is 5.82 Å². The van der Waals surface area contributed by atoms with Crippen molar-refractivity contribution >= 4 is 5.96 Å². The van der Waals surface area contributed by atoms with Gasteiger partial charge in [0.05, 0.1) is 0 Å². The smallest absolute Gasteiger partial charge is 0.191 e. The van der Waals surface area contributed by atoms with Crippen molar-refractivity contribution in [2.75, 3.05) is 19.6 Å². The highest BCUT2D eigenvalue weighted by Crippen LogP contribution is 2.47. The number of aliphatic imine (C=N–C) groups is 1. The van der Waals surface area contributed by atoms with Crippen LogP contribution in [0.25, 0.3) is 0 Å². The molecule has 0 amide bonds. The van der Waals surface area contributed by atoms with E-state index in [0.29, 0.717) is 0 Å². The Morgan fingerprint density at radius 1 is 1.39 bits per heavy atom. The van der Waals surface area contributed by atoms with Gasteiger partial charge in [0, 0.05) is 25.0 Å². The van der Waals surface area contributed by atoms with Gasteiger partial charge in [-0.15, -0.1) is 0 Å². The number of benzene rings is 1. The maximum absolute atomic E-state index is 13.3. The monoisotopic (exact) mass is 247 g/mol. The minimum absolute atomic E-state index is 0.115. The van der Waals surface area contributed by atoms with Crippen molar-refractivity contribution in [3.8, 4) is 0 Å². The minimum Gasteiger partial charge on any atom is -0.356 e. The lowest BCUT2D eigenvalue weighted by atomic mass is 9.96. The number of guanidine groups is 1. The molecule has 2 aliphatic rings. The molecule has 1 aliphatic heterocycles. The zero-order valence-corrected chi connectivity index (χ0v) is 10.4. The van der Waals surface area contributed by atoms with E-state index in [4.69, 9.17) is 0 Å². The molecule has 0 spiro atoms. The molecular formula is C14H18FN3. The summed E-state index contributed by atoms with van der Waals surface area (Å²) in [5.74, 6) is 0.746. The molecule has 3 rings (SSSR count). The SMILES string of the molecule is Fc1cccc(C2(CNC3=NCCCN3)CC2)c1. The Balaban J connectivity index is 1.66. The molecule has 1 aromatic carbocycles. The van der Waals surface area contributed by atoms with E-state index in [2.05, 4.69) is 15.6 Å². The fraction of sp³-hybridized carbons (Fsp3) is 0.500. The molecule has 2 N–H and O–H groups in total. The molecule has 3 nitrogen and oxygen atoms in total. The van der Waals surface area contributed by atoms with Crippen molar-refractivity contribution in [1.82, 2.24) is 10.6 Å². The number of hydrogen-bond acceptors (Lipinski definition) is 3. The fourth-order valence-electron chi connectivity index (χ4n) is 2.44. The standard InChI is InChI=1S/C14H18FN3/c15-12-4-1-3-11(9-12)14(5-6-14)10-18-13-16-7-2-8-17-13/h1,3-4,9H,2,5-8,10H2,(H2,16,17,18). The van der Waals surface area contributed by atoms with Crippen LogP contribution >= 0.6 is 0 Å². The minimum atomic E-state index is -0.146. The van der Waals surface area contributed by atoms with Gasteiger partial charge >= 0.3 is 0 Å². The van der Waals surface area contributed by atoms with Gasteiger partial charge in [-0.1, -0.05) is 12.1 Å². The lowest BCUT2D eigenvalue weighted by Gasteiger charge is -2.21. The second kappa shape index (κ2) is 4.59. The fourth-order valence-corrected chi connectivity index (χ4v) is 2.44. The van der Waals surface area contributed by atoms with Crippen LogP contribution in [-0.4, -0.2) is 25.6 Å². The summed E-state index contributed by atoms with van der Waals surface area (Å²) >= 11 is 0. The zero-order valence-electron chi connectivity index (χ0n) is 10.4. The molecule has 4 heteroatoms. The summed E-state index contributed by atoms with van der Waals surface area (Å²) in [7, 11) is 0. The molecule has 0 bridgehead atoms. The topological polar surface area (TPSA) is 36.4 Å². The Bertz CT molecular complexity index is 466.